The number of nitrogens with zero attached hydrogens (tertiary/aromatic N) is 3. The molecule has 1 N–H and O–H groups in total. The Hall–Kier alpha value is -2.87. The number of hydrogen-bond acceptors (Lipinski definition) is 5. The normalized spacial score (nSPS) is 24.4. The summed E-state index contributed by atoms with van der Waals surface area (Å²) in [4.78, 5) is 44.0. The number of hydrogen-bond donors (Lipinski definition) is 1. The maximum absolute atomic E-state index is 13.1. The lowest BCUT2D eigenvalue weighted by Gasteiger charge is -2.38. The molecule has 0 spiro atoms. The quantitative estimate of drug-likeness (QED) is 0.650. The van der Waals surface area contributed by atoms with Gasteiger partial charge in [-0.1, -0.05) is 30.4 Å². The molecular weight excluding hydrogens is 444 g/mol. The summed E-state index contributed by atoms with van der Waals surface area (Å²) >= 11 is 0. The summed E-state index contributed by atoms with van der Waals surface area (Å²) in [6, 6.07) is 7.63. The number of rotatable bonds is 5. The van der Waals surface area contributed by atoms with Crippen LogP contribution in [0.25, 0.3) is 0 Å². The Kier molecular flexibility index (Phi) is 8.79. The first-order valence-corrected chi connectivity index (χ1v) is 12.9. The molecule has 4 rings (SSSR count). The summed E-state index contributed by atoms with van der Waals surface area (Å²) < 4.78 is 6.00. The molecule has 8 nitrogen and oxygen atoms in total. The van der Waals surface area contributed by atoms with Crippen molar-refractivity contribution >= 4 is 17.7 Å². The zero-order chi connectivity index (χ0) is 24.6. The van der Waals surface area contributed by atoms with Gasteiger partial charge in [0.2, 0.25) is 17.7 Å². The molecule has 8 heteroatoms. The molecule has 0 radical (unpaired) electrons. The minimum absolute atomic E-state index is 0.0434. The second-order valence-corrected chi connectivity index (χ2v) is 9.88. The van der Waals surface area contributed by atoms with E-state index in [-0.39, 0.29) is 36.1 Å². The van der Waals surface area contributed by atoms with Crippen molar-refractivity contribution in [2.75, 3.05) is 52.4 Å². The van der Waals surface area contributed by atoms with Gasteiger partial charge in [-0.25, -0.2) is 0 Å². The predicted octanol–water partition coefficient (Wildman–Crippen LogP) is 2.05. The van der Waals surface area contributed by atoms with E-state index in [4.69, 9.17) is 4.74 Å². The summed E-state index contributed by atoms with van der Waals surface area (Å²) in [6.07, 6.45) is 7.82. The molecule has 2 atom stereocenters. The molecule has 0 aromatic heterocycles. The van der Waals surface area contributed by atoms with Crippen LogP contribution in [-0.2, 0) is 20.9 Å². The maximum atomic E-state index is 13.1. The number of fused-ring (bicyclic) bond motifs is 3. The van der Waals surface area contributed by atoms with Gasteiger partial charge in [-0.3, -0.25) is 14.4 Å². The van der Waals surface area contributed by atoms with Gasteiger partial charge in [-0.05, 0) is 50.3 Å². The molecule has 35 heavy (non-hydrogen) atoms. The highest BCUT2D eigenvalue weighted by atomic mass is 16.5. The Balaban J connectivity index is 1.41. The number of piperidine rings is 1. The average molecular weight is 483 g/mol. The SMILES string of the molecule is CC(=O)N1CC(=O)N2CC[C@@H](CC(=O)NCCN3CCCC3)[C@@H](/C=C\COc3ccccc3C1)C2. The van der Waals surface area contributed by atoms with E-state index in [1.54, 1.807) is 4.90 Å². The smallest absolute Gasteiger partial charge is 0.242 e. The first kappa shape index (κ1) is 25.2. The molecule has 3 heterocycles. The summed E-state index contributed by atoms with van der Waals surface area (Å²) in [7, 11) is 0. The van der Waals surface area contributed by atoms with Gasteiger partial charge in [0.05, 0.1) is 0 Å². The van der Waals surface area contributed by atoms with E-state index in [1.165, 1.54) is 19.8 Å². The van der Waals surface area contributed by atoms with Crippen LogP contribution in [0.1, 0.15) is 38.2 Å². The van der Waals surface area contributed by atoms with Crippen LogP contribution in [0.5, 0.6) is 5.75 Å². The number of nitrogens with one attached hydrogen (secondary N) is 1. The molecule has 1 aromatic rings. The number of amides is 3. The van der Waals surface area contributed by atoms with E-state index in [1.807, 2.05) is 35.2 Å². The Labute approximate surface area is 208 Å². The number of carbonyl (C=O) groups is 3. The van der Waals surface area contributed by atoms with Crippen molar-refractivity contribution in [3.63, 3.8) is 0 Å². The van der Waals surface area contributed by atoms with Gasteiger partial charge >= 0.3 is 0 Å². The van der Waals surface area contributed by atoms with Gasteiger partial charge < -0.3 is 24.8 Å². The molecule has 3 aliphatic heterocycles. The molecule has 2 fully saturated rings. The average Bonchev–Trinajstić information content (AvgIpc) is 3.36. The number of likely N-dealkylation sites (tertiary alicyclic amines) is 1. The second kappa shape index (κ2) is 12.2. The number of carbonyl (C=O) groups excluding carboxylic acids is 3. The summed E-state index contributed by atoms with van der Waals surface area (Å²) in [6.45, 7) is 7.28. The Morgan fingerprint density at radius 1 is 1.11 bits per heavy atom. The largest absolute Gasteiger partial charge is 0.489 e. The number of ether oxygens (including phenoxy) is 1. The van der Waals surface area contributed by atoms with Gasteiger partial charge in [-0.2, -0.15) is 0 Å². The summed E-state index contributed by atoms with van der Waals surface area (Å²) in [5.41, 5.74) is 0.879. The fourth-order valence-corrected chi connectivity index (χ4v) is 5.29. The molecular formula is C27H38N4O4. The summed E-state index contributed by atoms with van der Waals surface area (Å²) in [5.74, 6) is 0.847. The summed E-state index contributed by atoms with van der Waals surface area (Å²) in [5, 5.41) is 3.09. The van der Waals surface area contributed by atoms with Crippen molar-refractivity contribution < 1.29 is 19.1 Å². The van der Waals surface area contributed by atoms with Crippen LogP contribution in [0.4, 0.5) is 0 Å². The van der Waals surface area contributed by atoms with Crippen LogP contribution < -0.4 is 10.1 Å². The van der Waals surface area contributed by atoms with Gasteiger partial charge in [0.15, 0.2) is 0 Å². The lowest BCUT2D eigenvalue weighted by molar-refractivity contribution is -0.141. The van der Waals surface area contributed by atoms with Crippen LogP contribution in [0.3, 0.4) is 0 Å². The third kappa shape index (κ3) is 7.07. The second-order valence-electron chi connectivity index (χ2n) is 9.88. The van der Waals surface area contributed by atoms with E-state index >= 15 is 0 Å². The minimum atomic E-state index is -0.141. The zero-order valence-electron chi connectivity index (χ0n) is 20.8. The van der Waals surface area contributed by atoms with Gasteiger partial charge in [0.25, 0.3) is 0 Å². The van der Waals surface area contributed by atoms with Crippen molar-refractivity contribution in [2.24, 2.45) is 11.8 Å². The Morgan fingerprint density at radius 2 is 1.91 bits per heavy atom. The molecule has 0 saturated carbocycles. The monoisotopic (exact) mass is 482 g/mol. The van der Waals surface area contributed by atoms with E-state index < -0.39 is 0 Å². The number of benzene rings is 1. The molecule has 1 aromatic carbocycles. The zero-order valence-corrected chi connectivity index (χ0v) is 20.8. The molecule has 2 bridgehead atoms. The van der Waals surface area contributed by atoms with Gasteiger partial charge in [0, 0.05) is 51.6 Å². The van der Waals surface area contributed by atoms with Crippen LogP contribution in [0.15, 0.2) is 36.4 Å². The fraction of sp³-hybridized carbons (Fsp3) is 0.593. The van der Waals surface area contributed by atoms with E-state index in [2.05, 4.69) is 16.3 Å². The highest BCUT2D eigenvalue weighted by Gasteiger charge is 2.32. The van der Waals surface area contributed by atoms with Crippen LogP contribution >= 0.6 is 0 Å². The van der Waals surface area contributed by atoms with Crippen molar-refractivity contribution in [2.45, 2.75) is 39.2 Å². The van der Waals surface area contributed by atoms with Gasteiger partial charge in [0.1, 0.15) is 18.9 Å². The fourth-order valence-electron chi connectivity index (χ4n) is 5.29. The Morgan fingerprint density at radius 3 is 2.71 bits per heavy atom. The molecule has 3 amide bonds. The molecule has 0 unspecified atom stereocenters. The molecule has 190 valence electrons. The van der Waals surface area contributed by atoms with Crippen LogP contribution in [0, 0.1) is 11.8 Å². The maximum Gasteiger partial charge on any atom is 0.242 e. The molecule has 2 saturated heterocycles. The van der Waals surface area contributed by atoms with Crippen molar-refractivity contribution in [3.8, 4) is 5.75 Å². The Bertz CT molecular complexity index is 928. The highest BCUT2D eigenvalue weighted by Crippen LogP contribution is 2.29. The highest BCUT2D eigenvalue weighted by molar-refractivity contribution is 5.84. The van der Waals surface area contributed by atoms with Crippen molar-refractivity contribution in [1.82, 2.24) is 20.0 Å². The lowest BCUT2D eigenvalue weighted by atomic mass is 9.82. The third-order valence-corrected chi connectivity index (χ3v) is 7.38. The van der Waals surface area contributed by atoms with E-state index in [9.17, 15) is 14.4 Å². The van der Waals surface area contributed by atoms with E-state index in [0.29, 0.717) is 45.0 Å². The van der Waals surface area contributed by atoms with Crippen molar-refractivity contribution in [1.29, 1.82) is 0 Å². The topological polar surface area (TPSA) is 82.2 Å². The standard InChI is InChI=1S/C27H38N4O4/c1-21(32)31-19-24-7-2-3-9-25(24)35-16-6-8-23-18-30(27(34)20-31)14-10-22(23)17-26(33)28-11-15-29-12-4-5-13-29/h2-3,6-9,22-23H,4-5,10-20H2,1H3,(H,28,33)/b8-6-/t22-,23-/m0/s1. The van der Waals surface area contributed by atoms with Crippen molar-refractivity contribution in [3.05, 3.63) is 42.0 Å². The lowest BCUT2D eigenvalue weighted by Crippen LogP contribution is -2.48. The van der Waals surface area contributed by atoms with Crippen LogP contribution in [0.2, 0.25) is 0 Å². The minimum Gasteiger partial charge on any atom is -0.489 e. The van der Waals surface area contributed by atoms with E-state index in [0.717, 1.165) is 31.6 Å². The number of para-hydroxylation sites is 1. The first-order valence-electron chi connectivity index (χ1n) is 12.9. The molecule has 3 aliphatic rings. The molecule has 0 aliphatic carbocycles. The predicted molar refractivity (Wildman–Crippen MR) is 134 cm³/mol. The first-order chi connectivity index (χ1) is 17.0. The van der Waals surface area contributed by atoms with Gasteiger partial charge in [-0.15, -0.1) is 0 Å². The van der Waals surface area contributed by atoms with Crippen LogP contribution in [-0.4, -0.2) is 84.8 Å². The third-order valence-electron chi connectivity index (χ3n) is 7.38.